The van der Waals surface area contributed by atoms with Crippen molar-refractivity contribution in [3.63, 3.8) is 0 Å². The molecule has 3 heterocycles. The van der Waals surface area contributed by atoms with E-state index in [0.29, 0.717) is 21.9 Å². The van der Waals surface area contributed by atoms with Crippen molar-refractivity contribution in [2.75, 3.05) is 5.75 Å². The molecule has 0 radical (unpaired) electrons. The van der Waals surface area contributed by atoms with Crippen LogP contribution in [0, 0.1) is 13.8 Å². The van der Waals surface area contributed by atoms with Crippen molar-refractivity contribution in [1.29, 1.82) is 0 Å². The second kappa shape index (κ2) is 6.14. The molecule has 0 unspecified atom stereocenters. The van der Waals surface area contributed by atoms with Gasteiger partial charge in [0.15, 0.2) is 10.9 Å². The highest BCUT2D eigenvalue weighted by atomic mass is 32.2. The first-order valence-corrected chi connectivity index (χ1v) is 9.11. The summed E-state index contributed by atoms with van der Waals surface area (Å²) >= 11 is 1.32. The van der Waals surface area contributed by atoms with Crippen LogP contribution in [0.2, 0.25) is 0 Å². The molecule has 1 N–H and O–H groups in total. The van der Waals surface area contributed by atoms with E-state index >= 15 is 0 Å². The number of fused-ring (bicyclic) bond motifs is 3. The number of aromatic amines is 1. The molecule has 0 saturated heterocycles. The molecule has 4 aromatic rings. The van der Waals surface area contributed by atoms with Gasteiger partial charge in [-0.3, -0.25) is 18.6 Å². The van der Waals surface area contributed by atoms with Crippen molar-refractivity contribution < 1.29 is 4.79 Å². The Morgan fingerprint density at radius 1 is 1.23 bits per heavy atom. The van der Waals surface area contributed by atoms with Crippen molar-refractivity contribution in [3.05, 3.63) is 57.6 Å². The van der Waals surface area contributed by atoms with Gasteiger partial charge in [0.05, 0.1) is 16.7 Å². The summed E-state index contributed by atoms with van der Waals surface area (Å²) in [7, 11) is 1.67. The molecular weight excluding hydrogens is 350 g/mol. The van der Waals surface area contributed by atoms with E-state index in [1.54, 1.807) is 13.1 Å². The third kappa shape index (κ3) is 2.53. The maximum absolute atomic E-state index is 12.5. The van der Waals surface area contributed by atoms with Gasteiger partial charge in [0.25, 0.3) is 5.56 Å². The molecule has 7 nitrogen and oxygen atoms in total. The van der Waals surface area contributed by atoms with E-state index in [0.717, 1.165) is 16.9 Å². The molecule has 0 aliphatic carbocycles. The highest BCUT2D eigenvalue weighted by molar-refractivity contribution is 7.99. The Hall–Kier alpha value is -2.87. The van der Waals surface area contributed by atoms with Crippen LogP contribution in [0.4, 0.5) is 0 Å². The fourth-order valence-corrected chi connectivity index (χ4v) is 3.95. The van der Waals surface area contributed by atoms with Crippen molar-refractivity contribution in [2.45, 2.75) is 19.0 Å². The lowest BCUT2D eigenvalue weighted by Gasteiger charge is -2.07. The SMILES string of the molecule is Cc1cc(C(=O)CSc2nnc3n(C)c(=O)c4ccccc4n23)c(C)[nH]1. The summed E-state index contributed by atoms with van der Waals surface area (Å²) in [4.78, 5) is 28.1. The van der Waals surface area contributed by atoms with Crippen LogP contribution in [0.1, 0.15) is 21.7 Å². The Bertz CT molecular complexity index is 1220. The zero-order chi connectivity index (χ0) is 18.4. The number of aromatic nitrogens is 5. The molecule has 1 aromatic carbocycles. The van der Waals surface area contributed by atoms with E-state index < -0.39 is 0 Å². The second-order valence-electron chi connectivity index (χ2n) is 6.20. The van der Waals surface area contributed by atoms with Gasteiger partial charge in [-0.2, -0.15) is 0 Å². The number of para-hydroxylation sites is 1. The molecule has 0 spiro atoms. The summed E-state index contributed by atoms with van der Waals surface area (Å²) in [6, 6.07) is 9.20. The Balaban J connectivity index is 1.75. The first kappa shape index (κ1) is 16.6. The number of carbonyl (C=O) groups excluding carboxylic acids is 1. The number of aryl methyl sites for hydroxylation is 3. The molecule has 0 aliphatic rings. The molecular formula is C18H17N5O2S. The maximum Gasteiger partial charge on any atom is 0.262 e. The Morgan fingerprint density at radius 3 is 2.73 bits per heavy atom. The number of benzene rings is 1. The number of hydrogen-bond donors (Lipinski definition) is 1. The minimum atomic E-state index is -0.119. The molecule has 3 aromatic heterocycles. The van der Waals surface area contributed by atoms with E-state index in [-0.39, 0.29) is 17.1 Å². The number of rotatable bonds is 4. The van der Waals surface area contributed by atoms with Gasteiger partial charge in [-0.15, -0.1) is 10.2 Å². The van der Waals surface area contributed by atoms with E-state index in [1.165, 1.54) is 16.3 Å². The number of nitrogens with zero attached hydrogens (tertiary/aromatic N) is 4. The average Bonchev–Trinajstić information content (AvgIpc) is 3.20. The van der Waals surface area contributed by atoms with Gasteiger partial charge in [-0.05, 0) is 32.0 Å². The molecule has 8 heteroatoms. The third-order valence-electron chi connectivity index (χ3n) is 4.38. The monoisotopic (exact) mass is 367 g/mol. The number of nitrogens with one attached hydrogen (secondary N) is 1. The van der Waals surface area contributed by atoms with Gasteiger partial charge in [0, 0.05) is 24.0 Å². The Morgan fingerprint density at radius 2 is 2.00 bits per heavy atom. The second-order valence-corrected chi connectivity index (χ2v) is 7.14. The molecule has 4 rings (SSSR count). The Labute approximate surface area is 153 Å². The van der Waals surface area contributed by atoms with Crippen molar-refractivity contribution in [2.24, 2.45) is 7.05 Å². The van der Waals surface area contributed by atoms with Gasteiger partial charge in [0.2, 0.25) is 5.78 Å². The molecule has 0 fully saturated rings. The van der Waals surface area contributed by atoms with Crippen molar-refractivity contribution in [3.8, 4) is 0 Å². The maximum atomic E-state index is 12.5. The third-order valence-corrected chi connectivity index (χ3v) is 5.31. The number of H-pyrrole nitrogens is 1. The van der Waals surface area contributed by atoms with E-state index in [1.807, 2.05) is 42.5 Å². The van der Waals surface area contributed by atoms with Crippen molar-refractivity contribution in [1.82, 2.24) is 24.1 Å². The van der Waals surface area contributed by atoms with Crippen LogP contribution in [0.5, 0.6) is 0 Å². The average molecular weight is 367 g/mol. The lowest BCUT2D eigenvalue weighted by Crippen LogP contribution is -2.20. The highest BCUT2D eigenvalue weighted by Crippen LogP contribution is 2.22. The first-order valence-electron chi connectivity index (χ1n) is 8.12. The summed E-state index contributed by atoms with van der Waals surface area (Å²) < 4.78 is 3.30. The highest BCUT2D eigenvalue weighted by Gasteiger charge is 2.17. The van der Waals surface area contributed by atoms with Crippen LogP contribution < -0.4 is 5.56 Å². The largest absolute Gasteiger partial charge is 0.362 e. The fourth-order valence-electron chi connectivity index (χ4n) is 3.13. The van der Waals surface area contributed by atoms with E-state index in [9.17, 15) is 9.59 Å². The summed E-state index contributed by atoms with van der Waals surface area (Å²) in [5, 5.41) is 9.51. The minimum Gasteiger partial charge on any atom is -0.362 e. The van der Waals surface area contributed by atoms with Gasteiger partial charge < -0.3 is 4.98 Å². The normalized spacial score (nSPS) is 11.5. The predicted octanol–water partition coefficient (Wildman–Crippen LogP) is 2.50. The summed E-state index contributed by atoms with van der Waals surface area (Å²) in [5.74, 6) is 0.732. The number of Topliss-reactive ketones (excluding diaryl/α,β-unsaturated/α-hetero) is 1. The molecule has 0 amide bonds. The fraction of sp³-hybridized carbons (Fsp3) is 0.222. The van der Waals surface area contributed by atoms with Crippen LogP contribution >= 0.6 is 11.8 Å². The van der Waals surface area contributed by atoms with Crippen LogP contribution in [0.15, 0.2) is 40.3 Å². The molecule has 132 valence electrons. The van der Waals surface area contributed by atoms with Gasteiger partial charge >= 0.3 is 0 Å². The predicted molar refractivity (Wildman–Crippen MR) is 101 cm³/mol. The zero-order valence-electron chi connectivity index (χ0n) is 14.6. The van der Waals surface area contributed by atoms with Gasteiger partial charge in [-0.25, -0.2) is 0 Å². The zero-order valence-corrected chi connectivity index (χ0v) is 15.4. The summed E-state index contributed by atoms with van der Waals surface area (Å²) in [6.07, 6.45) is 0. The van der Waals surface area contributed by atoms with Crippen molar-refractivity contribution >= 4 is 34.2 Å². The number of carbonyl (C=O) groups is 1. The van der Waals surface area contributed by atoms with Crippen LogP contribution in [0.25, 0.3) is 16.7 Å². The molecule has 0 bridgehead atoms. The molecule has 26 heavy (non-hydrogen) atoms. The number of ketones is 1. The van der Waals surface area contributed by atoms with Crippen LogP contribution in [0.3, 0.4) is 0 Å². The first-order chi connectivity index (χ1) is 12.5. The van der Waals surface area contributed by atoms with Gasteiger partial charge in [-0.1, -0.05) is 23.9 Å². The number of thioether (sulfide) groups is 1. The van der Waals surface area contributed by atoms with Crippen LogP contribution in [-0.2, 0) is 7.05 Å². The standard InChI is InChI=1S/C18H17N5O2S/c1-10-8-13(11(2)19-10)15(24)9-26-18-21-20-17-22(3)16(25)12-6-4-5-7-14(12)23(17)18/h4-8,19H,9H2,1-3H3. The lowest BCUT2D eigenvalue weighted by atomic mass is 10.2. The topological polar surface area (TPSA) is 85.0 Å². The van der Waals surface area contributed by atoms with E-state index in [2.05, 4.69) is 15.2 Å². The van der Waals surface area contributed by atoms with Gasteiger partial charge in [0.1, 0.15) is 0 Å². The van der Waals surface area contributed by atoms with E-state index in [4.69, 9.17) is 0 Å². The minimum absolute atomic E-state index is 0.0303. The quantitative estimate of drug-likeness (QED) is 0.442. The molecule has 0 aliphatic heterocycles. The molecule has 0 saturated carbocycles. The summed E-state index contributed by atoms with van der Waals surface area (Å²) in [5.41, 5.74) is 3.14. The number of hydrogen-bond acceptors (Lipinski definition) is 5. The lowest BCUT2D eigenvalue weighted by molar-refractivity contribution is 0.102. The smallest absolute Gasteiger partial charge is 0.262 e. The van der Waals surface area contributed by atoms with Crippen LogP contribution in [-0.4, -0.2) is 35.7 Å². The molecule has 0 atom stereocenters. The summed E-state index contributed by atoms with van der Waals surface area (Å²) in [6.45, 7) is 3.82. The Kier molecular flexibility index (Phi) is 3.91.